The number of rotatable bonds is 13. The predicted octanol–water partition coefficient (Wildman–Crippen LogP) is 8.51. The summed E-state index contributed by atoms with van der Waals surface area (Å²) in [5, 5.41) is 18.5. The summed E-state index contributed by atoms with van der Waals surface area (Å²) in [5.41, 5.74) is 3.29. The average Bonchev–Trinajstić information content (AvgIpc) is 3.08. The summed E-state index contributed by atoms with van der Waals surface area (Å²) in [6.45, 7) is 16.2. The lowest BCUT2D eigenvalue weighted by Crippen LogP contribution is -2.22. The van der Waals surface area contributed by atoms with Gasteiger partial charge in [-0.25, -0.2) is 4.79 Å². The fraction of sp³-hybridized carbons (Fsp3) is 0.556. The molecule has 10 heteroatoms. The number of thioether (sulfide) groups is 2. The van der Waals surface area contributed by atoms with Crippen molar-refractivity contribution in [1.29, 1.82) is 0 Å². The molecule has 0 fully saturated rings. The van der Waals surface area contributed by atoms with E-state index in [0.29, 0.717) is 27.9 Å². The van der Waals surface area contributed by atoms with Crippen molar-refractivity contribution in [2.75, 3.05) is 27.4 Å². The second kappa shape index (κ2) is 30.4. The number of halogens is 1. The Bertz CT molecular complexity index is 1050. The molecule has 3 unspecified atom stereocenters. The summed E-state index contributed by atoms with van der Waals surface area (Å²) in [5.74, 6) is 2.22. The summed E-state index contributed by atoms with van der Waals surface area (Å²) >= 11 is 7.80. The van der Waals surface area contributed by atoms with Crippen LogP contribution in [0.15, 0.2) is 72.3 Å². The Labute approximate surface area is 293 Å². The number of hydrogen-bond acceptors (Lipinski definition) is 9. The number of benzene rings is 2. The standard InChI is InChI=1S/C13H18O2S.C12H18OS.C6H10O2.C5H12OS.FH.H2/c1-10(13(14)15-3)11(2)16-9-12-7-5-4-6-8-12;1-10(8-13)11(2)14-9-12-6-4-3-5-7-12;1-4-5(2)6(7)8-3;1-4(3-6)5(2)7;;/h4-8,10-11H,9H2,1-3H3;3-7,10-11,13H,8-9H2,1-2H3;4H,1-3H3;4-7H,3H2,1-2H3;2*1H/b;;5-4-;;;/t2*10-,11?;;4-,5?;;/m10.0../s1/i;;;;;1+2. The fourth-order valence-electron chi connectivity index (χ4n) is 2.87. The number of aliphatic hydroxyl groups excluding tert-OH is 2. The van der Waals surface area contributed by atoms with Crippen LogP contribution >= 0.6 is 36.2 Å². The molecule has 0 aliphatic carbocycles. The highest BCUT2D eigenvalue weighted by Crippen LogP contribution is 2.24. The molecule has 0 saturated carbocycles. The third-order valence-electron chi connectivity index (χ3n) is 7.13. The quantitative estimate of drug-likeness (QED) is 0.109. The summed E-state index contributed by atoms with van der Waals surface area (Å²) in [6, 6.07) is 20.7. The Morgan fingerprint density at radius 3 is 1.48 bits per heavy atom. The van der Waals surface area contributed by atoms with Crippen molar-refractivity contribution < 1.29 is 35.4 Å². The predicted molar refractivity (Wildman–Crippen MR) is 203 cm³/mol. The molecule has 0 aliphatic heterocycles. The van der Waals surface area contributed by atoms with Crippen LogP contribution in [0.1, 0.15) is 67.9 Å². The highest BCUT2D eigenvalue weighted by Gasteiger charge is 2.21. The minimum atomic E-state index is -0.257. The van der Waals surface area contributed by atoms with Gasteiger partial charge in [0, 0.05) is 47.5 Å². The summed E-state index contributed by atoms with van der Waals surface area (Å²) in [4.78, 5) is 21.8. The molecule has 0 heterocycles. The van der Waals surface area contributed by atoms with E-state index in [-0.39, 0.29) is 42.5 Å². The number of methoxy groups -OCH3 is 2. The first-order chi connectivity index (χ1) is 21.3. The maximum Gasteiger partial charge on any atom is 0.333 e. The molecule has 0 saturated heterocycles. The molecule has 2 aromatic rings. The van der Waals surface area contributed by atoms with Gasteiger partial charge in [0.25, 0.3) is 0 Å². The minimum Gasteiger partial charge on any atom is -0.469 e. The van der Waals surface area contributed by atoms with Crippen LogP contribution in [-0.2, 0) is 30.6 Å². The van der Waals surface area contributed by atoms with Gasteiger partial charge in [-0.3, -0.25) is 9.50 Å². The van der Waals surface area contributed by atoms with Crippen LogP contribution in [-0.4, -0.2) is 65.3 Å². The van der Waals surface area contributed by atoms with E-state index < -0.39 is 0 Å². The first-order valence-electron chi connectivity index (χ1n) is 15.3. The molecule has 2 N–H and O–H groups in total. The molecule has 0 spiro atoms. The van der Waals surface area contributed by atoms with Crippen molar-refractivity contribution in [2.24, 2.45) is 17.8 Å². The van der Waals surface area contributed by atoms with Crippen molar-refractivity contribution in [2.45, 2.75) is 82.6 Å². The van der Waals surface area contributed by atoms with Crippen molar-refractivity contribution in [1.82, 2.24) is 0 Å². The maximum absolute atomic E-state index is 11.3. The lowest BCUT2D eigenvalue weighted by Gasteiger charge is -2.17. The molecule has 0 aliphatic rings. The molecule has 2 aromatic carbocycles. The normalized spacial score (nSPS) is 14.3. The fourth-order valence-corrected chi connectivity index (χ4v) is 5.07. The monoisotopic (exact) mass is 706 g/mol. The van der Waals surface area contributed by atoms with E-state index in [4.69, 9.17) is 14.9 Å². The Kier molecular flexibility index (Phi) is 32.0. The smallest absolute Gasteiger partial charge is 0.333 e. The van der Waals surface area contributed by atoms with Gasteiger partial charge in [0.1, 0.15) is 0 Å². The van der Waals surface area contributed by atoms with Gasteiger partial charge in [0.2, 0.25) is 0 Å². The Morgan fingerprint density at radius 1 is 0.783 bits per heavy atom. The summed E-state index contributed by atoms with van der Waals surface area (Å²) in [7, 11) is 2.81. The van der Waals surface area contributed by atoms with Crippen molar-refractivity contribution in [3.8, 4) is 0 Å². The minimum absolute atomic E-state index is 0. The molecule has 6 atom stereocenters. The van der Waals surface area contributed by atoms with Gasteiger partial charge in [0.05, 0.1) is 20.1 Å². The van der Waals surface area contributed by atoms with E-state index in [0.717, 1.165) is 11.5 Å². The van der Waals surface area contributed by atoms with Crippen LogP contribution in [0.3, 0.4) is 0 Å². The number of thiol groups is 1. The second-order valence-corrected chi connectivity index (χ2v) is 14.4. The van der Waals surface area contributed by atoms with Crippen molar-refractivity contribution >= 4 is 48.1 Å². The third-order valence-corrected chi connectivity index (χ3v) is 10.6. The van der Waals surface area contributed by atoms with Crippen molar-refractivity contribution in [3.05, 3.63) is 83.4 Å². The Morgan fingerprint density at radius 2 is 1.20 bits per heavy atom. The molecule has 46 heavy (non-hydrogen) atoms. The molecular weight excluding hydrogens is 644 g/mol. The second-order valence-electron chi connectivity index (χ2n) is 10.8. The summed E-state index contributed by atoms with van der Waals surface area (Å²) < 4.78 is 9.13. The van der Waals surface area contributed by atoms with Crippen LogP contribution in [0, 0.1) is 17.8 Å². The van der Waals surface area contributed by atoms with E-state index in [1.807, 2.05) is 56.8 Å². The SMILES string of the molecule is C/C=C(/C)C(=O)OC.CC(S)[C@@H](C)CO.CC(SCc1ccccc1)[C@@H](C)CO.COC(=O)[C@H](C)C(C)SCc1ccccc1.F.[3HH]. The van der Waals surface area contributed by atoms with Crippen LogP contribution in [0.5, 0.6) is 0 Å². The molecule has 0 bridgehead atoms. The van der Waals surface area contributed by atoms with Crippen LogP contribution in [0.2, 0.25) is 0 Å². The van der Waals surface area contributed by atoms with Gasteiger partial charge in [-0.05, 0) is 36.8 Å². The lowest BCUT2D eigenvalue weighted by molar-refractivity contribution is -0.144. The largest absolute Gasteiger partial charge is 0.469 e. The van der Waals surface area contributed by atoms with Gasteiger partial charge in [-0.1, -0.05) is 108 Å². The Balaban J connectivity index is -0.000000273. The molecule has 0 amide bonds. The number of hydrogen-bond donors (Lipinski definition) is 3. The van der Waals surface area contributed by atoms with E-state index in [9.17, 15) is 9.59 Å². The van der Waals surface area contributed by atoms with Gasteiger partial charge in [0.15, 0.2) is 0 Å². The summed E-state index contributed by atoms with van der Waals surface area (Å²) in [6.07, 6.45) is 1.71. The first kappa shape index (κ1) is 48.4. The third kappa shape index (κ3) is 24.2. The first-order valence-corrected chi connectivity index (χ1v) is 17.9. The number of ether oxygens (including phenoxy) is 2. The molecule has 6 nitrogen and oxygen atoms in total. The van der Waals surface area contributed by atoms with Gasteiger partial charge < -0.3 is 19.7 Å². The van der Waals surface area contributed by atoms with Crippen LogP contribution < -0.4 is 0 Å². The van der Waals surface area contributed by atoms with Gasteiger partial charge in [-0.15, -0.1) is 0 Å². The molecule has 0 aromatic heterocycles. The number of allylic oxidation sites excluding steroid dienone is 1. The molecular formula is C36H61FO6S3. The Hall–Kier alpha value is -1.98. The van der Waals surface area contributed by atoms with E-state index in [2.05, 4.69) is 74.5 Å². The number of esters is 2. The lowest BCUT2D eigenvalue weighted by atomic mass is 10.1. The zero-order valence-electron chi connectivity index (χ0n) is 29.3. The van der Waals surface area contributed by atoms with Crippen LogP contribution in [0.25, 0.3) is 0 Å². The zero-order chi connectivity index (χ0) is 34.8. The highest BCUT2D eigenvalue weighted by molar-refractivity contribution is 7.99. The molecule has 266 valence electrons. The maximum atomic E-state index is 11.3. The number of carbonyl (C=O) groups is 2. The molecule has 2 rings (SSSR count). The van der Waals surface area contributed by atoms with Gasteiger partial charge in [-0.2, -0.15) is 36.2 Å². The molecule has 0 radical (unpaired) electrons. The zero-order valence-corrected chi connectivity index (χ0v) is 31.9. The highest BCUT2D eigenvalue weighted by atomic mass is 32.2. The van der Waals surface area contributed by atoms with E-state index in [1.54, 1.807) is 31.7 Å². The van der Waals surface area contributed by atoms with E-state index in [1.165, 1.54) is 25.3 Å². The van der Waals surface area contributed by atoms with E-state index >= 15 is 0 Å². The van der Waals surface area contributed by atoms with Gasteiger partial charge >= 0.3 is 11.9 Å². The van der Waals surface area contributed by atoms with Crippen LogP contribution in [0.4, 0.5) is 4.70 Å². The number of aliphatic hydroxyl groups is 2. The number of carbonyl (C=O) groups excluding carboxylic acids is 2. The average molecular weight is 707 g/mol. The topological polar surface area (TPSA) is 93.1 Å². The van der Waals surface area contributed by atoms with Crippen molar-refractivity contribution in [3.63, 3.8) is 0 Å².